The van der Waals surface area contributed by atoms with Crippen molar-refractivity contribution in [3.63, 3.8) is 0 Å². The number of ether oxygens (including phenoxy) is 3. The van der Waals surface area contributed by atoms with Gasteiger partial charge in [0.25, 0.3) is 5.91 Å². The van der Waals surface area contributed by atoms with E-state index >= 15 is 0 Å². The van der Waals surface area contributed by atoms with E-state index in [4.69, 9.17) is 35.9 Å². The normalized spacial score (nSPS) is 26.2. The number of methoxy groups -OCH3 is 1. The summed E-state index contributed by atoms with van der Waals surface area (Å²) in [5, 5.41) is 20.1. The summed E-state index contributed by atoms with van der Waals surface area (Å²) in [6, 6.07) is 5.08. The standard InChI is InChI=1S/C30H33NO9.C6H14N2O2/c1-18(24(33)31-22-9-7-20(8-10-22)25(34)35)6-5-14-28(3)23-13-16-29(27(37)40-28)15-11-21(26(36)38-4)12-17-30(23,29)39-19(2)32;7-4-2-1-3-5(8)6(9)10/h5-11,14,23H,12-13,15-17H2,1-4H3,(H,31,33)(H,34,35);5H,1-4,7-8H2,(H,9,10)/b14-5+,18-6+;/t23-,28+,29+,30-;/m0./s1. The zero-order valence-electron chi connectivity index (χ0n) is 28.9. The maximum Gasteiger partial charge on any atom is 0.335 e. The number of unbranched alkanes of at least 4 members (excludes halogenated alkanes) is 1. The SMILES string of the molecule is COC(=O)C1=CC[C@@]23CC[C@@H]([C@@](C)(/C=C/C=C(\C)C(=O)Nc4ccc(C(=O)O)cc4)OC2=O)[C@@]3(OC(C)=O)CC1.NCCCCC(N)C(=O)O. The first-order valence-corrected chi connectivity index (χ1v) is 16.5. The molecule has 1 aromatic carbocycles. The number of carboxylic acid groups (broad SMARTS) is 2. The van der Waals surface area contributed by atoms with E-state index in [9.17, 15) is 28.8 Å². The molecule has 50 heavy (non-hydrogen) atoms. The molecule has 14 nitrogen and oxygen atoms in total. The minimum absolute atomic E-state index is 0.108. The molecule has 2 bridgehead atoms. The van der Waals surface area contributed by atoms with Crippen LogP contribution in [-0.2, 0) is 38.2 Å². The van der Waals surface area contributed by atoms with Crippen LogP contribution < -0.4 is 16.8 Å². The Morgan fingerprint density at radius 2 is 1.78 bits per heavy atom. The molecule has 5 atom stereocenters. The number of rotatable bonds is 12. The number of allylic oxidation sites excluding steroid dienone is 3. The zero-order chi connectivity index (χ0) is 37.3. The van der Waals surface area contributed by atoms with Crippen LogP contribution >= 0.6 is 0 Å². The molecule has 2 aliphatic carbocycles. The number of nitrogens with two attached hydrogens (primary N) is 2. The summed E-state index contributed by atoms with van der Waals surface area (Å²) in [7, 11) is 1.30. The molecule has 1 unspecified atom stereocenters. The number of hydrogen-bond donors (Lipinski definition) is 5. The highest BCUT2D eigenvalue weighted by molar-refractivity contribution is 6.03. The fourth-order valence-electron chi connectivity index (χ4n) is 7.01. The first-order chi connectivity index (χ1) is 23.6. The van der Waals surface area contributed by atoms with Crippen molar-refractivity contribution in [1.29, 1.82) is 0 Å². The van der Waals surface area contributed by atoms with Crippen LogP contribution in [0.5, 0.6) is 0 Å². The Kier molecular flexibility index (Phi) is 13.3. The molecule has 0 spiro atoms. The van der Waals surface area contributed by atoms with E-state index in [1.54, 1.807) is 38.2 Å². The Bertz CT molecular complexity index is 1570. The topological polar surface area (TPSA) is 235 Å². The fraction of sp³-hybridized carbons (Fsp3) is 0.500. The maximum absolute atomic E-state index is 13.7. The summed E-state index contributed by atoms with van der Waals surface area (Å²) in [6.07, 6.45) is 10.6. The molecule has 1 saturated heterocycles. The third kappa shape index (κ3) is 8.66. The molecule has 7 N–H and O–H groups in total. The number of cyclic esters (lactones) is 1. The molecule has 1 aliphatic heterocycles. The van der Waals surface area contributed by atoms with Gasteiger partial charge in [0.2, 0.25) is 0 Å². The Labute approximate surface area is 290 Å². The van der Waals surface area contributed by atoms with Crippen LogP contribution in [0.1, 0.15) is 82.5 Å². The number of hydrogen-bond acceptors (Lipinski definition) is 11. The molecule has 272 valence electrons. The number of benzene rings is 1. The molecule has 14 heteroatoms. The van der Waals surface area contributed by atoms with Crippen LogP contribution in [0.2, 0.25) is 0 Å². The molecule has 4 rings (SSSR count). The van der Waals surface area contributed by atoms with Gasteiger partial charge in [0.1, 0.15) is 22.7 Å². The van der Waals surface area contributed by atoms with Crippen molar-refractivity contribution >= 4 is 41.4 Å². The summed E-state index contributed by atoms with van der Waals surface area (Å²) >= 11 is 0. The van der Waals surface area contributed by atoms with Gasteiger partial charge in [0.05, 0.1) is 12.7 Å². The van der Waals surface area contributed by atoms with Crippen LogP contribution in [0.15, 0.2) is 59.7 Å². The fourth-order valence-corrected chi connectivity index (χ4v) is 7.01. The number of amides is 1. The van der Waals surface area contributed by atoms with Gasteiger partial charge in [-0.1, -0.05) is 24.6 Å². The molecule has 2 fully saturated rings. The quantitative estimate of drug-likeness (QED) is 0.0691. The third-order valence-electron chi connectivity index (χ3n) is 9.67. The number of carboxylic acids is 2. The Hall–Kier alpha value is -4.82. The number of aromatic carboxylic acids is 1. The Balaban J connectivity index is 0.000000588. The van der Waals surface area contributed by atoms with Crippen LogP contribution in [0.4, 0.5) is 5.69 Å². The smallest absolute Gasteiger partial charge is 0.335 e. The molecular weight excluding hydrogens is 650 g/mol. The van der Waals surface area contributed by atoms with Crippen LogP contribution in [0.3, 0.4) is 0 Å². The second kappa shape index (κ2) is 16.7. The lowest BCUT2D eigenvalue weighted by molar-refractivity contribution is -0.235. The summed E-state index contributed by atoms with van der Waals surface area (Å²) in [4.78, 5) is 72.2. The number of carbonyl (C=O) groups is 6. The first kappa shape index (κ1) is 39.6. The second-order valence-corrected chi connectivity index (χ2v) is 12.9. The van der Waals surface area contributed by atoms with Crippen molar-refractivity contribution in [3.8, 4) is 0 Å². The predicted octanol–water partition coefficient (Wildman–Crippen LogP) is 3.65. The average Bonchev–Trinajstić information content (AvgIpc) is 3.21. The van der Waals surface area contributed by atoms with Crippen LogP contribution in [0, 0.1) is 11.3 Å². The zero-order valence-corrected chi connectivity index (χ0v) is 28.9. The highest BCUT2D eigenvalue weighted by atomic mass is 16.6. The van der Waals surface area contributed by atoms with Crippen molar-refractivity contribution in [2.75, 3.05) is 19.0 Å². The highest BCUT2D eigenvalue weighted by Crippen LogP contribution is 2.65. The van der Waals surface area contributed by atoms with E-state index in [0.717, 1.165) is 12.8 Å². The first-order valence-electron chi connectivity index (χ1n) is 16.5. The lowest BCUT2D eigenvalue weighted by Gasteiger charge is -2.54. The van der Waals surface area contributed by atoms with E-state index < -0.39 is 52.5 Å². The Morgan fingerprint density at radius 3 is 2.36 bits per heavy atom. The lowest BCUT2D eigenvalue weighted by atomic mass is 9.62. The highest BCUT2D eigenvalue weighted by Gasteiger charge is 2.74. The van der Waals surface area contributed by atoms with Gasteiger partial charge in [0.15, 0.2) is 0 Å². The molecule has 1 saturated carbocycles. The summed E-state index contributed by atoms with van der Waals surface area (Å²) in [5.41, 5.74) is 8.37. The van der Waals surface area contributed by atoms with E-state index in [-0.39, 0.29) is 36.7 Å². The Morgan fingerprint density at radius 1 is 1.10 bits per heavy atom. The molecule has 1 heterocycles. The van der Waals surface area contributed by atoms with Gasteiger partial charge >= 0.3 is 29.8 Å². The van der Waals surface area contributed by atoms with Gasteiger partial charge < -0.3 is 41.2 Å². The van der Waals surface area contributed by atoms with Gasteiger partial charge in [-0.2, -0.15) is 0 Å². The minimum atomic E-state index is -1.17. The number of carbonyl (C=O) groups excluding carboxylic acids is 4. The van der Waals surface area contributed by atoms with E-state index in [1.807, 2.05) is 0 Å². The number of esters is 3. The maximum atomic E-state index is 13.7. The minimum Gasteiger partial charge on any atom is -0.480 e. The number of aliphatic carboxylic acids is 1. The second-order valence-electron chi connectivity index (χ2n) is 12.9. The van der Waals surface area contributed by atoms with E-state index in [2.05, 4.69) is 5.32 Å². The average molecular weight is 698 g/mol. The van der Waals surface area contributed by atoms with Crippen molar-refractivity contribution in [1.82, 2.24) is 0 Å². The predicted molar refractivity (Wildman–Crippen MR) is 182 cm³/mol. The molecule has 3 aliphatic rings. The van der Waals surface area contributed by atoms with Crippen molar-refractivity contribution in [3.05, 3.63) is 65.3 Å². The summed E-state index contributed by atoms with van der Waals surface area (Å²) < 4.78 is 17.0. The van der Waals surface area contributed by atoms with Gasteiger partial charge in [-0.15, -0.1) is 0 Å². The molecule has 0 aromatic heterocycles. The lowest BCUT2D eigenvalue weighted by Crippen LogP contribution is -2.65. The summed E-state index contributed by atoms with van der Waals surface area (Å²) in [6.45, 7) is 5.30. The molecule has 1 aromatic rings. The van der Waals surface area contributed by atoms with Gasteiger partial charge in [-0.25, -0.2) is 9.59 Å². The summed E-state index contributed by atoms with van der Waals surface area (Å²) in [5.74, 6) is -4.23. The van der Waals surface area contributed by atoms with Crippen molar-refractivity contribution in [2.45, 2.75) is 89.4 Å². The third-order valence-corrected chi connectivity index (χ3v) is 9.67. The molecule has 1 amide bonds. The number of nitrogens with one attached hydrogen (secondary N) is 1. The van der Waals surface area contributed by atoms with E-state index in [0.29, 0.717) is 42.6 Å². The van der Waals surface area contributed by atoms with Crippen molar-refractivity contribution in [2.24, 2.45) is 22.8 Å². The van der Waals surface area contributed by atoms with Crippen LogP contribution in [0.25, 0.3) is 0 Å². The largest absolute Gasteiger partial charge is 0.480 e. The van der Waals surface area contributed by atoms with Gasteiger partial charge in [-0.3, -0.25) is 19.2 Å². The molecule has 0 radical (unpaired) electrons. The molecular formula is C36H47N3O11. The van der Waals surface area contributed by atoms with Gasteiger partial charge in [0, 0.05) is 29.7 Å². The monoisotopic (exact) mass is 697 g/mol. The van der Waals surface area contributed by atoms with Gasteiger partial charge in [-0.05, 0) is 95.7 Å². The number of anilines is 1. The van der Waals surface area contributed by atoms with Crippen LogP contribution in [-0.4, -0.2) is 76.9 Å². The van der Waals surface area contributed by atoms with E-state index in [1.165, 1.54) is 38.3 Å². The van der Waals surface area contributed by atoms with Crippen molar-refractivity contribution < 1.29 is 53.2 Å².